The zero-order valence-corrected chi connectivity index (χ0v) is 12.4. The lowest BCUT2D eigenvalue weighted by molar-refractivity contribution is -0.144. The molecule has 19 heavy (non-hydrogen) atoms. The Morgan fingerprint density at radius 2 is 2.26 bits per heavy atom. The number of carboxylic acids is 1. The van der Waals surface area contributed by atoms with Crippen molar-refractivity contribution >= 4 is 21.9 Å². The Labute approximate surface area is 120 Å². The van der Waals surface area contributed by atoms with Crippen LogP contribution in [0.5, 0.6) is 0 Å². The van der Waals surface area contributed by atoms with Crippen molar-refractivity contribution in [3.8, 4) is 0 Å². The zero-order valence-electron chi connectivity index (χ0n) is 10.8. The highest BCUT2D eigenvalue weighted by atomic mass is 79.9. The Balaban J connectivity index is 2.07. The van der Waals surface area contributed by atoms with Gasteiger partial charge in [0, 0.05) is 19.1 Å². The first-order chi connectivity index (χ1) is 8.97. The summed E-state index contributed by atoms with van der Waals surface area (Å²) in [5.41, 5.74) is 0.874. The molecule has 1 N–H and O–H groups in total. The molecule has 1 saturated heterocycles. The summed E-state index contributed by atoms with van der Waals surface area (Å²) in [5.74, 6) is -1.33. The molecule has 2 rings (SSSR count). The number of aliphatic carboxylic acids is 1. The molecule has 2 atom stereocenters. The van der Waals surface area contributed by atoms with Crippen molar-refractivity contribution < 1.29 is 14.3 Å². The predicted octanol–water partition coefficient (Wildman–Crippen LogP) is 3.27. The van der Waals surface area contributed by atoms with Crippen molar-refractivity contribution in [3.05, 3.63) is 34.1 Å². The number of carboxylic acid groups (broad SMARTS) is 1. The number of hydrogen-bond acceptors (Lipinski definition) is 2. The van der Waals surface area contributed by atoms with Crippen LogP contribution in [-0.4, -0.2) is 28.6 Å². The summed E-state index contributed by atoms with van der Waals surface area (Å²) < 4.78 is 13.9. The monoisotopic (exact) mass is 329 g/mol. The van der Waals surface area contributed by atoms with Crippen LogP contribution in [0, 0.1) is 11.7 Å². The molecule has 2 unspecified atom stereocenters. The maximum Gasteiger partial charge on any atom is 0.307 e. The van der Waals surface area contributed by atoms with E-state index in [1.165, 1.54) is 6.07 Å². The average Bonchev–Trinajstić information content (AvgIpc) is 2.36. The summed E-state index contributed by atoms with van der Waals surface area (Å²) in [7, 11) is 0. The number of hydrogen-bond donors (Lipinski definition) is 1. The summed E-state index contributed by atoms with van der Waals surface area (Å²) in [6, 6.07) is 5.39. The summed E-state index contributed by atoms with van der Waals surface area (Å²) in [6.07, 6.45) is 1.59. The van der Waals surface area contributed by atoms with Gasteiger partial charge in [-0.25, -0.2) is 4.39 Å². The van der Waals surface area contributed by atoms with Crippen LogP contribution in [0.25, 0.3) is 0 Å². The van der Waals surface area contributed by atoms with Crippen LogP contribution in [0.4, 0.5) is 4.39 Å². The molecule has 0 radical (unpaired) electrons. The molecule has 0 bridgehead atoms. The highest BCUT2D eigenvalue weighted by Gasteiger charge is 2.29. The fourth-order valence-electron chi connectivity index (χ4n) is 2.47. The lowest BCUT2D eigenvalue weighted by Gasteiger charge is -2.36. The van der Waals surface area contributed by atoms with Crippen LogP contribution in [0.15, 0.2) is 22.7 Å². The second-order valence-electron chi connectivity index (χ2n) is 5.14. The van der Waals surface area contributed by atoms with Gasteiger partial charge in [0.15, 0.2) is 0 Å². The molecule has 0 aromatic heterocycles. The van der Waals surface area contributed by atoms with E-state index >= 15 is 0 Å². The average molecular weight is 330 g/mol. The van der Waals surface area contributed by atoms with Crippen molar-refractivity contribution in [2.45, 2.75) is 32.4 Å². The Morgan fingerprint density at radius 3 is 2.89 bits per heavy atom. The highest BCUT2D eigenvalue weighted by Crippen LogP contribution is 2.25. The van der Waals surface area contributed by atoms with Crippen molar-refractivity contribution in [2.24, 2.45) is 5.92 Å². The zero-order chi connectivity index (χ0) is 14.0. The first-order valence-corrected chi connectivity index (χ1v) is 7.17. The van der Waals surface area contributed by atoms with Crippen LogP contribution in [0.3, 0.4) is 0 Å². The van der Waals surface area contributed by atoms with E-state index in [1.807, 2.05) is 6.07 Å². The summed E-state index contributed by atoms with van der Waals surface area (Å²) in [4.78, 5) is 13.2. The van der Waals surface area contributed by atoms with Gasteiger partial charge in [-0.3, -0.25) is 9.69 Å². The van der Waals surface area contributed by atoms with Crippen molar-refractivity contribution in [3.63, 3.8) is 0 Å². The molecule has 0 spiro atoms. The minimum atomic E-state index is -0.737. The number of halogens is 2. The maximum atomic E-state index is 13.5. The van der Waals surface area contributed by atoms with E-state index in [9.17, 15) is 9.18 Å². The van der Waals surface area contributed by atoms with Gasteiger partial charge in [-0.05, 0) is 53.4 Å². The van der Waals surface area contributed by atoms with Crippen LogP contribution in [-0.2, 0) is 11.3 Å². The van der Waals surface area contributed by atoms with Gasteiger partial charge in [-0.1, -0.05) is 6.07 Å². The first-order valence-electron chi connectivity index (χ1n) is 6.38. The van der Waals surface area contributed by atoms with E-state index in [0.29, 0.717) is 23.6 Å². The molecule has 0 aliphatic carbocycles. The van der Waals surface area contributed by atoms with E-state index in [4.69, 9.17) is 5.11 Å². The molecule has 1 aromatic rings. The Morgan fingerprint density at radius 1 is 1.53 bits per heavy atom. The predicted molar refractivity (Wildman–Crippen MR) is 74.3 cm³/mol. The van der Waals surface area contributed by atoms with Crippen LogP contribution < -0.4 is 0 Å². The third-order valence-corrected chi connectivity index (χ3v) is 4.37. The summed E-state index contributed by atoms with van der Waals surface area (Å²) >= 11 is 3.13. The van der Waals surface area contributed by atoms with Gasteiger partial charge in [-0.2, -0.15) is 0 Å². The second kappa shape index (κ2) is 6.01. The number of carbonyl (C=O) groups is 1. The van der Waals surface area contributed by atoms with Gasteiger partial charge in [0.2, 0.25) is 0 Å². The standard InChI is InChI=1S/C14H17BrFNO2/c1-9-2-4-11(14(18)19)8-17(9)7-10-3-5-12(15)13(16)6-10/h3,5-6,9,11H,2,4,7-8H2,1H3,(H,18,19). The third-order valence-electron chi connectivity index (χ3n) is 3.73. The normalized spacial score (nSPS) is 24.4. The van der Waals surface area contributed by atoms with E-state index in [1.54, 1.807) is 6.07 Å². The van der Waals surface area contributed by atoms with Gasteiger partial charge in [0.25, 0.3) is 0 Å². The van der Waals surface area contributed by atoms with Gasteiger partial charge >= 0.3 is 5.97 Å². The minimum absolute atomic E-state index is 0.281. The molecule has 1 heterocycles. The molecule has 1 aliphatic heterocycles. The maximum absolute atomic E-state index is 13.5. The van der Waals surface area contributed by atoms with Gasteiger partial charge in [0.05, 0.1) is 10.4 Å². The van der Waals surface area contributed by atoms with Crippen LogP contribution >= 0.6 is 15.9 Å². The van der Waals surface area contributed by atoms with E-state index in [2.05, 4.69) is 27.8 Å². The molecule has 5 heteroatoms. The fourth-order valence-corrected chi connectivity index (χ4v) is 2.72. The molecular formula is C14H17BrFNO2. The van der Waals surface area contributed by atoms with Gasteiger partial charge < -0.3 is 5.11 Å². The van der Waals surface area contributed by atoms with E-state index in [-0.39, 0.29) is 11.7 Å². The van der Waals surface area contributed by atoms with Crippen LogP contribution in [0.2, 0.25) is 0 Å². The first kappa shape index (κ1) is 14.5. The summed E-state index contributed by atoms with van der Waals surface area (Å²) in [5, 5.41) is 9.10. The van der Waals surface area contributed by atoms with Crippen molar-refractivity contribution in [1.82, 2.24) is 4.90 Å². The highest BCUT2D eigenvalue weighted by molar-refractivity contribution is 9.10. The number of likely N-dealkylation sites (tertiary alicyclic amines) is 1. The Bertz CT molecular complexity index is 481. The van der Waals surface area contributed by atoms with Gasteiger partial charge in [0.1, 0.15) is 5.82 Å². The Kier molecular flexibility index (Phi) is 4.58. The lowest BCUT2D eigenvalue weighted by Crippen LogP contribution is -2.43. The van der Waals surface area contributed by atoms with E-state index < -0.39 is 5.97 Å². The van der Waals surface area contributed by atoms with Crippen molar-refractivity contribution in [1.29, 1.82) is 0 Å². The smallest absolute Gasteiger partial charge is 0.307 e. The lowest BCUT2D eigenvalue weighted by atomic mass is 9.93. The third kappa shape index (κ3) is 3.54. The molecule has 0 saturated carbocycles. The topological polar surface area (TPSA) is 40.5 Å². The molecule has 1 fully saturated rings. The SMILES string of the molecule is CC1CCC(C(=O)O)CN1Cc1ccc(Br)c(F)c1. The summed E-state index contributed by atoms with van der Waals surface area (Å²) in [6.45, 7) is 3.22. The minimum Gasteiger partial charge on any atom is -0.481 e. The van der Waals surface area contributed by atoms with Gasteiger partial charge in [-0.15, -0.1) is 0 Å². The molecular weight excluding hydrogens is 313 g/mol. The molecule has 1 aromatic carbocycles. The number of benzene rings is 1. The molecule has 104 valence electrons. The molecule has 3 nitrogen and oxygen atoms in total. The largest absolute Gasteiger partial charge is 0.481 e. The van der Waals surface area contributed by atoms with Crippen molar-refractivity contribution in [2.75, 3.05) is 6.54 Å². The quantitative estimate of drug-likeness (QED) is 0.925. The molecule has 1 aliphatic rings. The molecule has 0 amide bonds. The number of piperidine rings is 1. The second-order valence-corrected chi connectivity index (χ2v) is 5.99. The van der Waals surface area contributed by atoms with Crippen LogP contribution in [0.1, 0.15) is 25.3 Å². The van der Waals surface area contributed by atoms with E-state index in [0.717, 1.165) is 18.4 Å². The fraction of sp³-hybridized carbons (Fsp3) is 0.500. The number of rotatable bonds is 3. The number of nitrogens with zero attached hydrogens (tertiary/aromatic N) is 1. The Hall–Kier alpha value is -0.940.